The zero-order valence-electron chi connectivity index (χ0n) is 18.9. The summed E-state index contributed by atoms with van der Waals surface area (Å²) in [6, 6.07) is 16.1. The maximum absolute atomic E-state index is 2.99. The molecule has 4 rings (SSSR count). The normalized spacial score (nSPS) is 11.5. The van der Waals surface area contributed by atoms with Gasteiger partial charge < -0.3 is 24.8 Å². The van der Waals surface area contributed by atoms with Crippen LogP contribution in [-0.2, 0) is 24.2 Å². The van der Waals surface area contributed by atoms with Crippen molar-refractivity contribution in [3.8, 4) is 0 Å². The Kier molecular flexibility index (Phi) is 13.8. The summed E-state index contributed by atoms with van der Waals surface area (Å²) in [5.74, 6) is 1.17. The molecule has 1 aliphatic carbocycles. The molecule has 0 fully saturated rings. The molecule has 3 aromatic rings. The molecule has 0 atom stereocenters. The van der Waals surface area contributed by atoms with Crippen molar-refractivity contribution in [2.24, 2.45) is 0 Å². The number of halogens is 2. The van der Waals surface area contributed by atoms with Crippen LogP contribution < -0.4 is 24.8 Å². The molecular formula is C27H32Cl2Zr-2. The first-order valence-electron chi connectivity index (χ1n) is 10.2. The van der Waals surface area contributed by atoms with Crippen LogP contribution in [0.4, 0.5) is 0 Å². The van der Waals surface area contributed by atoms with Crippen LogP contribution in [0.15, 0.2) is 60.7 Å². The third kappa shape index (κ3) is 8.70. The predicted molar refractivity (Wildman–Crippen MR) is 123 cm³/mol. The minimum absolute atomic E-state index is 0. The molecular weight excluding hydrogens is 486 g/mol. The van der Waals surface area contributed by atoms with E-state index >= 15 is 0 Å². The average Bonchev–Trinajstić information content (AvgIpc) is 3.31. The van der Waals surface area contributed by atoms with Gasteiger partial charge in [0.15, 0.2) is 0 Å². The number of benzene rings is 2. The quantitative estimate of drug-likeness (QED) is 0.456. The Morgan fingerprint density at radius 3 is 1.57 bits per heavy atom. The summed E-state index contributed by atoms with van der Waals surface area (Å²) in [6.07, 6.45) is 10.0. The topological polar surface area (TPSA) is 0 Å². The molecule has 0 heterocycles. The zero-order valence-corrected chi connectivity index (χ0v) is 22.9. The van der Waals surface area contributed by atoms with Crippen LogP contribution in [0.5, 0.6) is 0 Å². The Hall–Kier alpha value is -0.877. The van der Waals surface area contributed by atoms with Crippen molar-refractivity contribution in [1.82, 2.24) is 0 Å². The smallest absolute Gasteiger partial charge is 0.109 e. The van der Waals surface area contributed by atoms with Gasteiger partial charge in [-0.25, -0.2) is 12.2 Å². The Balaban J connectivity index is 0.000000645. The van der Waals surface area contributed by atoms with E-state index in [1.54, 1.807) is 24.2 Å². The molecule has 0 aromatic heterocycles. The molecule has 3 heteroatoms. The Morgan fingerprint density at radius 2 is 1.30 bits per heavy atom. The van der Waals surface area contributed by atoms with E-state index in [4.69, 9.17) is 0 Å². The third-order valence-electron chi connectivity index (χ3n) is 4.68. The van der Waals surface area contributed by atoms with E-state index in [1.165, 1.54) is 35.9 Å². The number of rotatable bonds is 2. The second kappa shape index (κ2) is 14.2. The van der Waals surface area contributed by atoms with Crippen LogP contribution in [0.3, 0.4) is 0 Å². The van der Waals surface area contributed by atoms with E-state index in [0.29, 0.717) is 11.8 Å². The first kappa shape index (κ1) is 29.1. The zero-order chi connectivity index (χ0) is 20.7. The molecule has 0 radical (unpaired) electrons. The van der Waals surface area contributed by atoms with Crippen molar-refractivity contribution in [1.29, 1.82) is 0 Å². The van der Waals surface area contributed by atoms with Crippen molar-refractivity contribution in [2.45, 2.75) is 59.8 Å². The van der Waals surface area contributed by atoms with Crippen LogP contribution >= 0.6 is 0 Å². The van der Waals surface area contributed by atoms with Gasteiger partial charge in [-0.15, -0.1) is 46.2 Å². The van der Waals surface area contributed by atoms with Gasteiger partial charge in [-0.1, -0.05) is 63.1 Å². The minimum atomic E-state index is 0. The van der Waals surface area contributed by atoms with Gasteiger partial charge in [-0.2, -0.15) is 6.08 Å². The summed E-state index contributed by atoms with van der Waals surface area (Å²) < 4.78 is 1.51. The number of hydrogen-bond acceptors (Lipinski definition) is 0. The van der Waals surface area contributed by atoms with Gasteiger partial charge in [0, 0.05) is 0 Å². The second-order valence-electron chi connectivity index (χ2n) is 8.15. The molecule has 3 aromatic carbocycles. The maximum Gasteiger partial charge on any atom is -0.109 e. The molecule has 1 aliphatic rings. The fraction of sp³-hybridized carbons (Fsp3) is 0.333. The van der Waals surface area contributed by atoms with E-state index in [0.717, 1.165) is 6.42 Å². The van der Waals surface area contributed by atoms with Gasteiger partial charge in [0.1, 0.15) is 0 Å². The molecule has 0 aliphatic heterocycles. The molecule has 0 saturated heterocycles. The first-order chi connectivity index (χ1) is 13.3. The monoisotopic (exact) mass is 516 g/mol. The molecule has 30 heavy (non-hydrogen) atoms. The van der Waals surface area contributed by atoms with Crippen molar-refractivity contribution in [2.75, 3.05) is 0 Å². The van der Waals surface area contributed by atoms with Gasteiger partial charge in [0.2, 0.25) is 0 Å². The standard InChI is InChI=1S/C19H21.C5H5.C3H6.2ClH.Zr/c1-12(2)14-5-7-16-9-17-8-6-15(13(3)4)11-19(17)18(16)10-14;1-2-4-5-3-1;1-3-2;;;/h5-13H,1-4H3;1-3H,4H2;1-2H3;2*1H;/q2*-1;;;;+2/p-2. The number of hydrogen-bond donors (Lipinski definition) is 0. The fourth-order valence-electron chi connectivity index (χ4n) is 3.09. The SMILES string of the molecule is CC(C)c1ccc2[cH-]c3ccc(C(C)C)cc3c2c1.C[C](C)=[Zr+2].[C-]1=CC=CC1.[Cl-].[Cl-]. The summed E-state index contributed by atoms with van der Waals surface area (Å²) in [5, 5.41) is 5.54. The van der Waals surface area contributed by atoms with E-state index in [9.17, 15) is 0 Å². The van der Waals surface area contributed by atoms with Gasteiger partial charge in [0.05, 0.1) is 0 Å². The van der Waals surface area contributed by atoms with Crippen LogP contribution in [-0.4, -0.2) is 3.21 Å². The maximum atomic E-state index is 2.99. The summed E-state index contributed by atoms with van der Waals surface area (Å²) in [4.78, 5) is 0. The summed E-state index contributed by atoms with van der Waals surface area (Å²) >= 11 is 1.55. The van der Waals surface area contributed by atoms with E-state index in [1.807, 2.05) is 12.2 Å². The van der Waals surface area contributed by atoms with E-state index in [-0.39, 0.29) is 24.8 Å². The average molecular weight is 519 g/mol. The number of fused-ring (bicyclic) bond motifs is 3. The van der Waals surface area contributed by atoms with Crippen molar-refractivity contribution in [3.05, 3.63) is 77.9 Å². The predicted octanol–water partition coefficient (Wildman–Crippen LogP) is 2.02. The van der Waals surface area contributed by atoms with Crippen molar-refractivity contribution in [3.63, 3.8) is 0 Å². The number of allylic oxidation sites excluding steroid dienone is 4. The molecule has 0 unspecified atom stereocenters. The largest absolute Gasteiger partial charge is 1.00 e. The van der Waals surface area contributed by atoms with E-state index < -0.39 is 0 Å². The Bertz CT molecular complexity index is 914. The molecule has 0 bridgehead atoms. The summed E-state index contributed by atoms with van der Waals surface area (Å²) in [5.41, 5.74) is 2.85. The van der Waals surface area contributed by atoms with Crippen molar-refractivity contribution < 1.29 is 49.0 Å². The van der Waals surface area contributed by atoms with Gasteiger partial charge in [-0.3, -0.25) is 6.08 Å². The van der Waals surface area contributed by atoms with Crippen LogP contribution in [0.1, 0.15) is 70.9 Å². The summed E-state index contributed by atoms with van der Waals surface area (Å²) in [6.45, 7) is 13.3. The molecule has 0 spiro atoms. The third-order valence-corrected chi connectivity index (χ3v) is 4.68. The Morgan fingerprint density at radius 1 is 0.867 bits per heavy atom. The van der Waals surface area contributed by atoms with Gasteiger partial charge in [-0.05, 0) is 11.8 Å². The van der Waals surface area contributed by atoms with Crippen molar-refractivity contribution >= 4 is 24.8 Å². The molecule has 0 nitrogen and oxygen atoms in total. The molecule has 160 valence electrons. The van der Waals surface area contributed by atoms with E-state index in [2.05, 4.69) is 96.2 Å². The fourth-order valence-corrected chi connectivity index (χ4v) is 3.09. The molecule has 0 N–H and O–H groups in total. The van der Waals surface area contributed by atoms with Crippen LogP contribution in [0.2, 0.25) is 0 Å². The summed E-state index contributed by atoms with van der Waals surface area (Å²) in [7, 11) is 0. The Labute approximate surface area is 210 Å². The van der Waals surface area contributed by atoms with Gasteiger partial charge in [0.25, 0.3) is 0 Å². The van der Waals surface area contributed by atoms with Crippen LogP contribution in [0.25, 0.3) is 21.5 Å². The van der Waals surface area contributed by atoms with Gasteiger partial charge >= 0.3 is 41.3 Å². The minimum Gasteiger partial charge on any atom is -1.00 e. The second-order valence-corrected chi connectivity index (χ2v) is 10.6. The van der Waals surface area contributed by atoms with Crippen LogP contribution in [0, 0.1) is 6.08 Å². The molecule has 0 amide bonds. The first-order valence-corrected chi connectivity index (χ1v) is 11.4. The molecule has 0 saturated carbocycles.